The minimum Gasteiger partial charge on any atom is -0.329 e. The zero-order valence-electron chi connectivity index (χ0n) is 11.2. The van der Waals surface area contributed by atoms with Gasteiger partial charge in [0.05, 0.1) is 5.25 Å². The minimum atomic E-state index is -3.21. The summed E-state index contributed by atoms with van der Waals surface area (Å²) in [6.07, 6.45) is 3.62. The lowest BCUT2D eigenvalue weighted by Crippen LogP contribution is -2.40. The molecule has 0 aromatic heterocycles. The molecule has 0 heterocycles. The molecule has 1 aromatic rings. The van der Waals surface area contributed by atoms with Crippen LogP contribution < -0.4 is 5.73 Å². The van der Waals surface area contributed by atoms with Gasteiger partial charge in [0.1, 0.15) is 0 Å². The molecule has 0 radical (unpaired) electrons. The van der Waals surface area contributed by atoms with Gasteiger partial charge in [0.2, 0.25) is 10.0 Å². The third kappa shape index (κ3) is 3.55. The average Bonchev–Trinajstić information content (AvgIpc) is 2.94. The summed E-state index contributed by atoms with van der Waals surface area (Å²) in [5, 5.41) is -0.206. The SMILES string of the molecule is NCCN(Cc1ccccc1)S(=O)(=O)C1CCCC1. The molecule has 0 amide bonds. The van der Waals surface area contributed by atoms with Crippen LogP contribution in [-0.4, -0.2) is 31.1 Å². The van der Waals surface area contributed by atoms with Crippen molar-refractivity contribution in [1.29, 1.82) is 0 Å². The maximum atomic E-state index is 12.6. The molecule has 0 saturated heterocycles. The molecule has 0 unspecified atom stereocenters. The fraction of sp³-hybridized carbons (Fsp3) is 0.571. The predicted octanol–water partition coefficient (Wildman–Crippen LogP) is 1.72. The number of rotatable bonds is 6. The molecule has 0 bridgehead atoms. The topological polar surface area (TPSA) is 63.4 Å². The molecule has 1 aromatic carbocycles. The molecular weight excluding hydrogens is 260 g/mol. The van der Waals surface area contributed by atoms with Crippen LogP contribution >= 0.6 is 0 Å². The van der Waals surface area contributed by atoms with Gasteiger partial charge in [0.15, 0.2) is 0 Å². The molecule has 0 aliphatic heterocycles. The molecule has 1 fully saturated rings. The van der Waals surface area contributed by atoms with Gasteiger partial charge in [0.25, 0.3) is 0 Å². The second-order valence-electron chi connectivity index (χ2n) is 5.06. The summed E-state index contributed by atoms with van der Waals surface area (Å²) < 4.78 is 26.7. The minimum absolute atomic E-state index is 0.206. The smallest absolute Gasteiger partial charge is 0.217 e. The standard InChI is InChI=1S/C14H22N2O2S/c15-10-11-16(12-13-6-2-1-3-7-13)19(17,18)14-8-4-5-9-14/h1-3,6-7,14H,4-5,8-12,15H2. The van der Waals surface area contributed by atoms with E-state index < -0.39 is 10.0 Å². The Labute approximate surface area is 115 Å². The second kappa shape index (κ2) is 6.50. The first-order valence-corrected chi connectivity index (χ1v) is 8.38. The highest BCUT2D eigenvalue weighted by molar-refractivity contribution is 7.89. The second-order valence-corrected chi connectivity index (χ2v) is 7.27. The Hall–Kier alpha value is -0.910. The highest BCUT2D eigenvalue weighted by atomic mass is 32.2. The van der Waals surface area contributed by atoms with E-state index in [4.69, 9.17) is 5.73 Å². The van der Waals surface area contributed by atoms with Crippen molar-refractivity contribution >= 4 is 10.0 Å². The van der Waals surface area contributed by atoms with Gasteiger partial charge in [-0.3, -0.25) is 0 Å². The Bertz CT molecular complexity index is 481. The van der Waals surface area contributed by atoms with Crippen LogP contribution in [0.5, 0.6) is 0 Å². The van der Waals surface area contributed by atoms with E-state index in [1.54, 1.807) is 4.31 Å². The quantitative estimate of drug-likeness (QED) is 0.864. The summed E-state index contributed by atoms with van der Waals surface area (Å²) >= 11 is 0. The van der Waals surface area contributed by atoms with E-state index in [9.17, 15) is 8.42 Å². The number of nitrogens with zero attached hydrogens (tertiary/aromatic N) is 1. The van der Waals surface area contributed by atoms with E-state index in [1.807, 2.05) is 30.3 Å². The Morgan fingerprint density at radius 3 is 2.37 bits per heavy atom. The van der Waals surface area contributed by atoms with Crippen LogP contribution in [0, 0.1) is 0 Å². The average molecular weight is 282 g/mol. The summed E-state index contributed by atoms with van der Waals surface area (Å²) in [4.78, 5) is 0. The number of benzene rings is 1. The normalized spacial score (nSPS) is 17.2. The fourth-order valence-corrected chi connectivity index (χ4v) is 4.66. The fourth-order valence-electron chi connectivity index (χ4n) is 2.62. The zero-order valence-corrected chi connectivity index (χ0v) is 12.0. The third-order valence-electron chi connectivity index (χ3n) is 3.66. The first-order valence-electron chi connectivity index (χ1n) is 6.87. The summed E-state index contributed by atoms with van der Waals surface area (Å²) in [7, 11) is -3.21. The highest BCUT2D eigenvalue weighted by Crippen LogP contribution is 2.27. The first-order chi connectivity index (χ1) is 9.14. The lowest BCUT2D eigenvalue weighted by atomic mass is 10.2. The lowest BCUT2D eigenvalue weighted by Gasteiger charge is -2.25. The largest absolute Gasteiger partial charge is 0.329 e. The molecule has 106 valence electrons. The van der Waals surface area contributed by atoms with E-state index in [0.29, 0.717) is 19.6 Å². The van der Waals surface area contributed by atoms with E-state index in [1.165, 1.54) is 0 Å². The van der Waals surface area contributed by atoms with Gasteiger partial charge in [0, 0.05) is 19.6 Å². The lowest BCUT2D eigenvalue weighted by molar-refractivity contribution is 0.405. The van der Waals surface area contributed by atoms with Crippen molar-refractivity contribution in [2.75, 3.05) is 13.1 Å². The number of sulfonamides is 1. The molecule has 1 aliphatic carbocycles. The van der Waals surface area contributed by atoms with Crippen molar-refractivity contribution in [2.45, 2.75) is 37.5 Å². The maximum absolute atomic E-state index is 12.6. The Morgan fingerprint density at radius 1 is 1.16 bits per heavy atom. The van der Waals surface area contributed by atoms with Crippen molar-refractivity contribution in [3.8, 4) is 0 Å². The van der Waals surface area contributed by atoms with Gasteiger partial charge in [-0.15, -0.1) is 0 Å². The van der Waals surface area contributed by atoms with Crippen LogP contribution in [0.1, 0.15) is 31.2 Å². The van der Waals surface area contributed by atoms with Crippen molar-refractivity contribution in [1.82, 2.24) is 4.31 Å². The van der Waals surface area contributed by atoms with E-state index in [-0.39, 0.29) is 5.25 Å². The van der Waals surface area contributed by atoms with Gasteiger partial charge < -0.3 is 5.73 Å². The van der Waals surface area contributed by atoms with Gasteiger partial charge in [-0.2, -0.15) is 4.31 Å². The van der Waals surface area contributed by atoms with Crippen molar-refractivity contribution in [3.63, 3.8) is 0 Å². The molecule has 5 heteroatoms. The molecule has 2 N–H and O–H groups in total. The molecule has 4 nitrogen and oxygen atoms in total. The first kappa shape index (κ1) is 14.5. The van der Waals surface area contributed by atoms with Crippen LogP contribution in [0.3, 0.4) is 0 Å². The van der Waals surface area contributed by atoms with Crippen molar-refractivity contribution in [3.05, 3.63) is 35.9 Å². The van der Waals surface area contributed by atoms with E-state index in [2.05, 4.69) is 0 Å². The van der Waals surface area contributed by atoms with Crippen LogP contribution in [0.4, 0.5) is 0 Å². The molecule has 1 aliphatic rings. The van der Waals surface area contributed by atoms with Crippen LogP contribution in [0.15, 0.2) is 30.3 Å². The predicted molar refractivity (Wildman–Crippen MR) is 77.1 cm³/mol. The van der Waals surface area contributed by atoms with Gasteiger partial charge >= 0.3 is 0 Å². The van der Waals surface area contributed by atoms with Crippen molar-refractivity contribution < 1.29 is 8.42 Å². The number of hydrogen-bond acceptors (Lipinski definition) is 3. The Morgan fingerprint density at radius 2 is 1.79 bits per heavy atom. The molecule has 2 rings (SSSR count). The van der Waals surface area contributed by atoms with Crippen LogP contribution in [-0.2, 0) is 16.6 Å². The molecular formula is C14H22N2O2S. The summed E-state index contributed by atoms with van der Waals surface area (Å²) in [6.45, 7) is 1.18. The van der Waals surface area contributed by atoms with Crippen LogP contribution in [0.2, 0.25) is 0 Å². The van der Waals surface area contributed by atoms with E-state index >= 15 is 0 Å². The molecule has 19 heavy (non-hydrogen) atoms. The Kier molecular flexibility index (Phi) is 4.96. The summed E-state index contributed by atoms with van der Waals surface area (Å²) in [5.74, 6) is 0. The van der Waals surface area contributed by atoms with Crippen molar-refractivity contribution in [2.24, 2.45) is 5.73 Å². The highest BCUT2D eigenvalue weighted by Gasteiger charge is 2.33. The zero-order chi connectivity index (χ0) is 13.7. The molecule has 0 spiro atoms. The third-order valence-corrected chi connectivity index (χ3v) is 6.01. The summed E-state index contributed by atoms with van der Waals surface area (Å²) in [6, 6.07) is 9.69. The summed E-state index contributed by atoms with van der Waals surface area (Å²) in [5.41, 5.74) is 6.58. The number of nitrogens with two attached hydrogens (primary N) is 1. The van der Waals surface area contributed by atoms with Gasteiger partial charge in [-0.25, -0.2) is 8.42 Å². The van der Waals surface area contributed by atoms with Gasteiger partial charge in [-0.05, 0) is 18.4 Å². The van der Waals surface area contributed by atoms with E-state index in [0.717, 1.165) is 31.2 Å². The molecule has 1 saturated carbocycles. The maximum Gasteiger partial charge on any atom is 0.217 e. The monoisotopic (exact) mass is 282 g/mol. The van der Waals surface area contributed by atoms with Gasteiger partial charge in [-0.1, -0.05) is 43.2 Å². The van der Waals surface area contributed by atoms with Crippen LogP contribution in [0.25, 0.3) is 0 Å². The Balaban J connectivity index is 2.15. The number of hydrogen-bond donors (Lipinski definition) is 1. The molecule has 0 atom stereocenters.